The Bertz CT molecular complexity index is 767. The van der Waals surface area contributed by atoms with E-state index in [2.05, 4.69) is 5.32 Å². The molecule has 1 aliphatic heterocycles. The smallest absolute Gasteiger partial charge is 0.410 e. The molecule has 0 aromatic heterocycles. The van der Waals surface area contributed by atoms with Gasteiger partial charge in [-0.25, -0.2) is 4.79 Å². The van der Waals surface area contributed by atoms with Crippen LogP contribution in [0.15, 0.2) is 12.1 Å². The molecule has 1 aliphatic carbocycles. The number of ether oxygens (including phenoxy) is 3. The first kappa shape index (κ1) is 21.3. The number of hydrogen-bond acceptors (Lipinski definition) is 5. The van der Waals surface area contributed by atoms with Crippen LogP contribution in [-0.4, -0.2) is 48.8 Å². The Balaban J connectivity index is 1.60. The molecule has 1 N–H and O–H groups in total. The number of carbonyl (C=O) groups excluding carboxylic acids is 2. The largest absolute Gasteiger partial charge is 0.496 e. The van der Waals surface area contributed by atoms with E-state index in [1.165, 1.54) is 4.90 Å². The minimum atomic E-state index is -0.593. The average molecular weight is 405 g/mol. The number of rotatable bonds is 7. The maximum Gasteiger partial charge on any atom is 0.410 e. The van der Waals surface area contributed by atoms with Gasteiger partial charge < -0.3 is 19.5 Å². The van der Waals surface area contributed by atoms with Gasteiger partial charge in [-0.2, -0.15) is 0 Å². The fourth-order valence-electron chi connectivity index (χ4n) is 3.37. The molecular weight excluding hydrogens is 372 g/mol. The fraction of sp³-hybridized carbons (Fsp3) is 0.636. The van der Waals surface area contributed by atoms with Gasteiger partial charge in [0.1, 0.15) is 29.7 Å². The molecule has 7 heteroatoms. The van der Waals surface area contributed by atoms with Crippen molar-refractivity contribution in [3.63, 3.8) is 0 Å². The molecule has 1 saturated carbocycles. The molecule has 7 nitrogen and oxygen atoms in total. The molecule has 3 rings (SSSR count). The molecule has 1 fully saturated rings. The van der Waals surface area contributed by atoms with E-state index in [0.717, 1.165) is 41.9 Å². The van der Waals surface area contributed by atoms with Crippen LogP contribution in [0.4, 0.5) is 4.79 Å². The minimum absolute atomic E-state index is 0.0216. The van der Waals surface area contributed by atoms with Crippen LogP contribution in [-0.2, 0) is 22.5 Å². The van der Waals surface area contributed by atoms with Crippen LogP contribution in [0, 0.1) is 5.92 Å². The van der Waals surface area contributed by atoms with Gasteiger partial charge >= 0.3 is 6.09 Å². The first-order valence-corrected chi connectivity index (χ1v) is 10.3. The summed E-state index contributed by atoms with van der Waals surface area (Å²) in [6, 6.07) is 3.90. The molecular formula is C22H32N2O5. The number of benzene rings is 1. The number of nitrogens with one attached hydrogen (secondary N) is 1. The molecule has 0 radical (unpaired) electrons. The predicted octanol–water partition coefficient (Wildman–Crippen LogP) is 3.28. The molecule has 2 aliphatic rings. The summed E-state index contributed by atoms with van der Waals surface area (Å²) in [6.07, 6.45) is 2.73. The molecule has 0 unspecified atom stereocenters. The standard InChI is InChI=1S/C22H32N2O5/c1-14-8-16-9-18(27-5)17(10-19(16)28-14)11-23-20(25)13-24(12-15-6-7-15)21(26)29-22(2,3)4/h9-10,14-15H,6-8,11-13H2,1-5H3,(H,23,25)/t14-/m0/s1. The third-order valence-electron chi connectivity index (χ3n) is 4.94. The molecule has 160 valence electrons. The van der Waals surface area contributed by atoms with Crippen molar-refractivity contribution in [1.29, 1.82) is 0 Å². The van der Waals surface area contributed by atoms with Gasteiger partial charge in [-0.3, -0.25) is 9.69 Å². The van der Waals surface area contributed by atoms with Crippen LogP contribution >= 0.6 is 0 Å². The highest BCUT2D eigenvalue weighted by Crippen LogP contribution is 2.35. The van der Waals surface area contributed by atoms with E-state index < -0.39 is 11.7 Å². The summed E-state index contributed by atoms with van der Waals surface area (Å²) in [5.74, 6) is 1.80. The molecule has 0 spiro atoms. The quantitative estimate of drug-likeness (QED) is 0.755. The average Bonchev–Trinajstić information content (AvgIpc) is 3.36. The van der Waals surface area contributed by atoms with Gasteiger partial charge in [-0.15, -0.1) is 0 Å². The summed E-state index contributed by atoms with van der Waals surface area (Å²) in [5, 5.41) is 2.89. The van der Waals surface area contributed by atoms with Crippen molar-refractivity contribution >= 4 is 12.0 Å². The number of nitrogens with zero attached hydrogens (tertiary/aromatic N) is 1. The molecule has 0 bridgehead atoms. The highest BCUT2D eigenvalue weighted by molar-refractivity contribution is 5.82. The van der Waals surface area contributed by atoms with Crippen LogP contribution in [0.25, 0.3) is 0 Å². The van der Waals surface area contributed by atoms with Crippen molar-refractivity contribution in [2.75, 3.05) is 20.2 Å². The van der Waals surface area contributed by atoms with Crippen LogP contribution in [0.2, 0.25) is 0 Å². The Labute approximate surface area is 172 Å². The van der Waals surface area contributed by atoms with Crippen molar-refractivity contribution in [3.05, 3.63) is 23.3 Å². The molecule has 1 heterocycles. The first-order chi connectivity index (χ1) is 13.6. The highest BCUT2D eigenvalue weighted by Gasteiger charge is 2.30. The van der Waals surface area contributed by atoms with Crippen molar-refractivity contribution < 1.29 is 23.8 Å². The van der Waals surface area contributed by atoms with Crippen molar-refractivity contribution in [2.45, 2.75) is 65.2 Å². The van der Waals surface area contributed by atoms with Gasteiger partial charge in [-0.1, -0.05) is 0 Å². The Morgan fingerprint density at radius 3 is 2.62 bits per heavy atom. The third-order valence-corrected chi connectivity index (χ3v) is 4.94. The summed E-state index contributed by atoms with van der Waals surface area (Å²) in [6.45, 7) is 8.33. The number of amides is 2. The van der Waals surface area contributed by atoms with E-state index in [1.54, 1.807) is 7.11 Å². The Morgan fingerprint density at radius 1 is 1.28 bits per heavy atom. The highest BCUT2D eigenvalue weighted by atomic mass is 16.6. The molecule has 29 heavy (non-hydrogen) atoms. The lowest BCUT2D eigenvalue weighted by Gasteiger charge is -2.27. The van der Waals surface area contributed by atoms with E-state index in [9.17, 15) is 9.59 Å². The number of fused-ring (bicyclic) bond motifs is 1. The Hall–Kier alpha value is -2.44. The zero-order valence-electron chi connectivity index (χ0n) is 18.0. The van der Waals surface area contributed by atoms with Gasteiger partial charge in [0, 0.05) is 30.6 Å². The topological polar surface area (TPSA) is 77.1 Å². The third kappa shape index (κ3) is 6.02. The van der Waals surface area contributed by atoms with Crippen molar-refractivity contribution in [2.24, 2.45) is 5.92 Å². The molecule has 0 saturated heterocycles. The van der Waals surface area contributed by atoms with Gasteiger partial charge in [0.05, 0.1) is 7.11 Å². The molecule has 2 amide bonds. The first-order valence-electron chi connectivity index (χ1n) is 10.3. The lowest BCUT2D eigenvalue weighted by molar-refractivity contribution is -0.122. The Morgan fingerprint density at radius 2 is 2.00 bits per heavy atom. The van der Waals surface area contributed by atoms with Crippen LogP contribution in [0.1, 0.15) is 51.7 Å². The van der Waals surface area contributed by atoms with E-state index in [-0.39, 0.29) is 18.6 Å². The number of methoxy groups -OCH3 is 1. The minimum Gasteiger partial charge on any atom is -0.496 e. The fourth-order valence-corrected chi connectivity index (χ4v) is 3.37. The second-order valence-electron chi connectivity index (χ2n) is 8.99. The number of carbonyl (C=O) groups is 2. The summed E-state index contributed by atoms with van der Waals surface area (Å²) < 4.78 is 16.8. The van der Waals surface area contributed by atoms with Crippen molar-refractivity contribution in [1.82, 2.24) is 10.2 Å². The normalized spacial score (nSPS) is 17.9. The van der Waals surface area contributed by atoms with Gasteiger partial charge in [0.2, 0.25) is 5.91 Å². The lowest BCUT2D eigenvalue weighted by atomic mass is 10.1. The summed E-state index contributed by atoms with van der Waals surface area (Å²) in [5.41, 5.74) is 1.37. The monoisotopic (exact) mass is 404 g/mol. The van der Waals surface area contributed by atoms with E-state index in [1.807, 2.05) is 39.8 Å². The van der Waals surface area contributed by atoms with Crippen molar-refractivity contribution in [3.8, 4) is 11.5 Å². The zero-order chi connectivity index (χ0) is 21.2. The second kappa shape index (κ2) is 8.51. The maximum atomic E-state index is 12.6. The predicted molar refractivity (Wildman–Crippen MR) is 109 cm³/mol. The summed E-state index contributed by atoms with van der Waals surface area (Å²) in [4.78, 5) is 26.5. The SMILES string of the molecule is COc1cc2c(cc1CNC(=O)CN(CC1CC1)C(=O)OC(C)(C)C)O[C@@H](C)C2. The summed E-state index contributed by atoms with van der Waals surface area (Å²) in [7, 11) is 1.62. The van der Waals surface area contributed by atoms with E-state index in [0.29, 0.717) is 19.0 Å². The van der Waals surface area contributed by atoms with E-state index >= 15 is 0 Å². The lowest BCUT2D eigenvalue weighted by Crippen LogP contribution is -2.44. The van der Waals surface area contributed by atoms with Crippen LogP contribution < -0.4 is 14.8 Å². The molecule has 1 aromatic rings. The van der Waals surface area contributed by atoms with Crippen LogP contribution in [0.5, 0.6) is 11.5 Å². The summed E-state index contributed by atoms with van der Waals surface area (Å²) >= 11 is 0. The Kier molecular flexibility index (Phi) is 6.24. The molecule has 1 aromatic carbocycles. The number of hydrogen-bond donors (Lipinski definition) is 1. The maximum absolute atomic E-state index is 12.6. The van der Waals surface area contributed by atoms with Crippen LogP contribution in [0.3, 0.4) is 0 Å². The van der Waals surface area contributed by atoms with E-state index in [4.69, 9.17) is 14.2 Å². The van der Waals surface area contributed by atoms with Gasteiger partial charge in [0.25, 0.3) is 0 Å². The van der Waals surface area contributed by atoms with Gasteiger partial charge in [0.15, 0.2) is 0 Å². The second-order valence-corrected chi connectivity index (χ2v) is 8.99. The molecule has 1 atom stereocenters. The van der Waals surface area contributed by atoms with Gasteiger partial charge in [-0.05, 0) is 58.6 Å². The zero-order valence-corrected chi connectivity index (χ0v) is 18.0.